The molecule has 2 aliphatic rings. The Morgan fingerprint density at radius 1 is 1.12 bits per heavy atom. The van der Waals surface area contributed by atoms with E-state index in [1.165, 1.54) is 25.7 Å². The number of amides is 1. The van der Waals surface area contributed by atoms with E-state index in [9.17, 15) is 4.79 Å². The summed E-state index contributed by atoms with van der Waals surface area (Å²) in [6.45, 7) is 6.07. The lowest BCUT2D eigenvalue weighted by atomic mass is 9.84. The van der Waals surface area contributed by atoms with Crippen molar-refractivity contribution < 1.29 is 4.79 Å². The van der Waals surface area contributed by atoms with E-state index in [0.717, 1.165) is 34.3 Å². The lowest BCUT2D eigenvalue weighted by molar-refractivity contribution is 0.0915. The van der Waals surface area contributed by atoms with E-state index in [1.54, 1.807) is 0 Å². The summed E-state index contributed by atoms with van der Waals surface area (Å²) >= 11 is 0. The molecule has 4 rings (SSSR count). The standard InChI is InChI=1S/C20H25N3O/c1-11-12(2)22-19-10-16(6-7-18(19)21-11)20(24)23-13(3)17-9-14-4-5-15(17)8-14/h6-7,10,13-15,17H,4-5,8-9H2,1-3H3,(H,23,24). The Labute approximate surface area is 143 Å². The number of nitrogens with one attached hydrogen (secondary N) is 1. The summed E-state index contributed by atoms with van der Waals surface area (Å²) in [6.07, 6.45) is 5.40. The molecular weight excluding hydrogens is 298 g/mol. The lowest BCUT2D eigenvalue weighted by Crippen LogP contribution is -2.40. The highest BCUT2D eigenvalue weighted by Crippen LogP contribution is 2.49. The highest BCUT2D eigenvalue weighted by atomic mass is 16.1. The zero-order valence-corrected chi connectivity index (χ0v) is 14.7. The molecule has 2 aliphatic carbocycles. The third-order valence-electron chi connectivity index (χ3n) is 6.13. The summed E-state index contributed by atoms with van der Waals surface area (Å²) in [5.74, 6) is 2.38. The van der Waals surface area contributed by atoms with E-state index >= 15 is 0 Å². The van der Waals surface area contributed by atoms with E-state index in [-0.39, 0.29) is 11.9 Å². The SMILES string of the molecule is Cc1nc2ccc(C(=O)NC(C)C3CC4CCC3C4)cc2nc1C. The number of carbonyl (C=O) groups excluding carboxylic acids is 1. The van der Waals surface area contributed by atoms with Gasteiger partial charge >= 0.3 is 0 Å². The number of aryl methyl sites for hydroxylation is 2. The highest BCUT2D eigenvalue weighted by Gasteiger charge is 2.42. The van der Waals surface area contributed by atoms with E-state index in [2.05, 4.69) is 22.2 Å². The first-order chi connectivity index (χ1) is 11.5. The van der Waals surface area contributed by atoms with Crippen molar-refractivity contribution in [2.24, 2.45) is 17.8 Å². The summed E-state index contributed by atoms with van der Waals surface area (Å²) < 4.78 is 0. The minimum absolute atomic E-state index is 0.00667. The molecule has 1 aromatic carbocycles. The van der Waals surface area contributed by atoms with Crippen LogP contribution in [0.5, 0.6) is 0 Å². The van der Waals surface area contributed by atoms with Crippen LogP contribution in [-0.4, -0.2) is 21.9 Å². The molecule has 0 aliphatic heterocycles. The average Bonchev–Trinajstić information content (AvgIpc) is 3.18. The average molecular weight is 323 g/mol. The second-order valence-electron chi connectivity index (χ2n) is 7.70. The van der Waals surface area contributed by atoms with Crippen molar-refractivity contribution in [1.82, 2.24) is 15.3 Å². The number of benzene rings is 1. The van der Waals surface area contributed by atoms with Crippen LogP contribution in [0, 0.1) is 31.6 Å². The first-order valence-electron chi connectivity index (χ1n) is 9.07. The van der Waals surface area contributed by atoms with Crippen LogP contribution in [0.4, 0.5) is 0 Å². The van der Waals surface area contributed by atoms with Crippen LogP contribution in [0.2, 0.25) is 0 Å². The summed E-state index contributed by atoms with van der Waals surface area (Å²) in [6, 6.07) is 5.85. The summed E-state index contributed by atoms with van der Waals surface area (Å²) in [7, 11) is 0. The van der Waals surface area contributed by atoms with Gasteiger partial charge in [0.2, 0.25) is 0 Å². The number of hydrogen-bond acceptors (Lipinski definition) is 3. The number of aromatic nitrogens is 2. The number of carbonyl (C=O) groups is 1. The van der Waals surface area contributed by atoms with Crippen LogP contribution >= 0.6 is 0 Å². The van der Waals surface area contributed by atoms with Gasteiger partial charge in [0, 0.05) is 11.6 Å². The Kier molecular flexibility index (Phi) is 3.78. The Morgan fingerprint density at radius 3 is 2.54 bits per heavy atom. The maximum absolute atomic E-state index is 12.7. The smallest absolute Gasteiger partial charge is 0.251 e. The van der Waals surface area contributed by atoms with Crippen LogP contribution in [0.15, 0.2) is 18.2 Å². The molecule has 2 saturated carbocycles. The van der Waals surface area contributed by atoms with Crippen LogP contribution in [-0.2, 0) is 0 Å². The molecule has 1 heterocycles. The van der Waals surface area contributed by atoms with Crippen molar-refractivity contribution >= 4 is 16.9 Å². The van der Waals surface area contributed by atoms with Gasteiger partial charge in [0.25, 0.3) is 5.91 Å². The van der Waals surface area contributed by atoms with Crippen molar-refractivity contribution in [3.05, 3.63) is 35.2 Å². The van der Waals surface area contributed by atoms with Crippen molar-refractivity contribution in [3.8, 4) is 0 Å². The minimum Gasteiger partial charge on any atom is -0.349 e. The van der Waals surface area contributed by atoms with Crippen molar-refractivity contribution in [2.45, 2.75) is 52.5 Å². The summed E-state index contributed by atoms with van der Waals surface area (Å²) in [4.78, 5) is 21.7. The molecule has 2 fully saturated rings. The van der Waals surface area contributed by atoms with Gasteiger partial charge < -0.3 is 5.32 Å². The Morgan fingerprint density at radius 2 is 1.88 bits per heavy atom. The predicted octanol–water partition coefficient (Wildman–Crippen LogP) is 3.80. The molecule has 0 spiro atoms. The topological polar surface area (TPSA) is 54.9 Å². The molecule has 4 nitrogen and oxygen atoms in total. The molecule has 1 amide bonds. The van der Waals surface area contributed by atoms with Gasteiger partial charge in [-0.05, 0) is 76.0 Å². The summed E-state index contributed by atoms with van der Waals surface area (Å²) in [5, 5.41) is 3.23. The first kappa shape index (κ1) is 15.6. The molecule has 1 aromatic heterocycles. The van der Waals surface area contributed by atoms with Crippen LogP contribution in [0.3, 0.4) is 0 Å². The molecule has 2 bridgehead atoms. The molecule has 24 heavy (non-hydrogen) atoms. The molecule has 126 valence electrons. The minimum atomic E-state index is 0.00667. The van der Waals surface area contributed by atoms with Crippen molar-refractivity contribution in [3.63, 3.8) is 0 Å². The monoisotopic (exact) mass is 323 g/mol. The normalized spacial score (nSPS) is 26.7. The number of nitrogens with zero attached hydrogens (tertiary/aromatic N) is 2. The van der Waals surface area contributed by atoms with Gasteiger partial charge in [0.15, 0.2) is 0 Å². The fourth-order valence-electron chi connectivity index (χ4n) is 4.68. The molecule has 4 unspecified atom stereocenters. The molecule has 1 N–H and O–H groups in total. The number of rotatable bonds is 3. The van der Waals surface area contributed by atoms with Gasteiger partial charge in [-0.1, -0.05) is 6.42 Å². The lowest BCUT2D eigenvalue weighted by Gasteiger charge is -2.28. The van der Waals surface area contributed by atoms with E-state index in [4.69, 9.17) is 0 Å². The molecule has 0 radical (unpaired) electrons. The van der Waals surface area contributed by atoms with Crippen molar-refractivity contribution in [1.29, 1.82) is 0 Å². The number of fused-ring (bicyclic) bond motifs is 3. The zero-order chi connectivity index (χ0) is 16.8. The molecular formula is C20H25N3O. The fourth-order valence-corrected chi connectivity index (χ4v) is 4.68. The molecule has 4 atom stereocenters. The zero-order valence-electron chi connectivity index (χ0n) is 14.7. The predicted molar refractivity (Wildman–Crippen MR) is 94.9 cm³/mol. The molecule has 2 aromatic rings. The van der Waals surface area contributed by atoms with E-state index in [0.29, 0.717) is 11.5 Å². The van der Waals surface area contributed by atoms with Gasteiger partial charge in [-0.25, -0.2) is 9.97 Å². The highest BCUT2D eigenvalue weighted by molar-refractivity contribution is 5.97. The largest absolute Gasteiger partial charge is 0.349 e. The van der Waals surface area contributed by atoms with Crippen molar-refractivity contribution in [2.75, 3.05) is 0 Å². The second kappa shape index (κ2) is 5.83. The maximum atomic E-state index is 12.7. The van der Waals surface area contributed by atoms with Crippen LogP contribution < -0.4 is 5.32 Å². The quantitative estimate of drug-likeness (QED) is 0.934. The van der Waals surface area contributed by atoms with Gasteiger partial charge in [0.1, 0.15) is 0 Å². The third kappa shape index (κ3) is 2.68. The number of hydrogen-bond donors (Lipinski definition) is 1. The Hall–Kier alpha value is -1.97. The first-order valence-corrected chi connectivity index (χ1v) is 9.07. The fraction of sp³-hybridized carbons (Fsp3) is 0.550. The second-order valence-corrected chi connectivity index (χ2v) is 7.70. The van der Waals surface area contributed by atoms with Gasteiger partial charge in [0.05, 0.1) is 22.4 Å². The van der Waals surface area contributed by atoms with Gasteiger partial charge in [-0.2, -0.15) is 0 Å². The van der Waals surface area contributed by atoms with Crippen LogP contribution in [0.25, 0.3) is 11.0 Å². The maximum Gasteiger partial charge on any atom is 0.251 e. The van der Waals surface area contributed by atoms with Gasteiger partial charge in [-0.15, -0.1) is 0 Å². The molecule has 4 heteroatoms. The van der Waals surface area contributed by atoms with E-state index < -0.39 is 0 Å². The Balaban J connectivity index is 1.51. The van der Waals surface area contributed by atoms with E-state index in [1.807, 2.05) is 32.0 Å². The summed E-state index contributed by atoms with van der Waals surface area (Å²) in [5.41, 5.74) is 4.16. The third-order valence-corrected chi connectivity index (χ3v) is 6.13. The molecule has 0 saturated heterocycles. The van der Waals surface area contributed by atoms with Crippen LogP contribution in [0.1, 0.15) is 54.4 Å². The van der Waals surface area contributed by atoms with Gasteiger partial charge in [-0.3, -0.25) is 4.79 Å². The Bertz CT molecular complexity index is 801.